The molecule has 7 nitrogen and oxygen atoms in total. The van der Waals surface area contributed by atoms with Crippen molar-refractivity contribution < 1.29 is 17.9 Å². The van der Waals surface area contributed by atoms with Gasteiger partial charge in [0.25, 0.3) is 0 Å². The van der Waals surface area contributed by atoms with E-state index in [1.807, 2.05) is 24.4 Å². The summed E-state index contributed by atoms with van der Waals surface area (Å²) in [5.41, 5.74) is 2.33. The molecule has 9 heteroatoms. The second-order valence-corrected chi connectivity index (χ2v) is 10.1. The Balaban J connectivity index is 1.52. The molecule has 0 aliphatic carbocycles. The Morgan fingerprint density at radius 2 is 1.94 bits per heavy atom. The quantitative estimate of drug-likeness (QED) is 0.309. The molecule has 0 radical (unpaired) electrons. The van der Waals surface area contributed by atoms with Crippen LogP contribution in [0.5, 0.6) is 0 Å². The van der Waals surface area contributed by atoms with E-state index in [2.05, 4.69) is 10.1 Å². The fourth-order valence-corrected chi connectivity index (χ4v) is 5.39. The molecule has 4 rings (SSSR count). The van der Waals surface area contributed by atoms with E-state index < -0.39 is 15.8 Å². The van der Waals surface area contributed by atoms with Crippen molar-refractivity contribution in [2.45, 2.75) is 18.2 Å². The summed E-state index contributed by atoms with van der Waals surface area (Å²) in [5, 5.41) is 6.98. The summed E-state index contributed by atoms with van der Waals surface area (Å²) in [4.78, 5) is 18.8. The van der Waals surface area contributed by atoms with Crippen molar-refractivity contribution in [1.82, 2.24) is 14.8 Å². The third kappa shape index (κ3) is 4.38. The lowest BCUT2D eigenvalue weighted by Crippen LogP contribution is -2.13. The third-order valence-electron chi connectivity index (χ3n) is 4.86. The molecule has 0 atom stereocenters. The van der Waals surface area contributed by atoms with Gasteiger partial charge in [0.2, 0.25) is 0 Å². The van der Waals surface area contributed by atoms with Gasteiger partial charge in [-0.25, -0.2) is 18.2 Å². The fraction of sp³-hybridized carbons (Fsp3) is 0.227. The number of aromatic nitrogens is 3. The van der Waals surface area contributed by atoms with E-state index >= 15 is 0 Å². The van der Waals surface area contributed by atoms with Crippen molar-refractivity contribution in [1.29, 1.82) is 0 Å². The van der Waals surface area contributed by atoms with Crippen LogP contribution in [0.25, 0.3) is 21.6 Å². The number of hydrogen-bond donors (Lipinski definition) is 0. The number of esters is 1. The van der Waals surface area contributed by atoms with E-state index in [1.54, 1.807) is 48.1 Å². The van der Waals surface area contributed by atoms with Crippen molar-refractivity contribution in [2.75, 3.05) is 12.4 Å². The second-order valence-electron chi connectivity index (χ2n) is 7.06. The van der Waals surface area contributed by atoms with E-state index in [-0.39, 0.29) is 23.7 Å². The number of nitrogens with zero attached hydrogens (tertiary/aromatic N) is 3. The molecule has 31 heavy (non-hydrogen) atoms. The van der Waals surface area contributed by atoms with Gasteiger partial charge in [0.1, 0.15) is 0 Å². The molecule has 3 aromatic heterocycles. The van der Waals surface area contributed by atoms with Crippen LogP contribution >= 0.6 is 11.3 Å². The van der Waals surface area contributed by atoms with Crippen molar-refractivity contribution in [2.24, 2.45) is 7.05 Å². The Labute approximate surface area is 184 Å². The topological polar surface area (TPSA) is 91.2 Å². The van der Waals surface area contributed by atoms with Gasteiger partial charge in [0.05, 0.1) is 44.5 Å². The molecule has 0 fully saturated rings. The Morgan fingerprint density at radius 1 is 1.16 bits per heavy atom. The minimum absolute atomic E-state index is 0.00234. The Kier molecular flexibility index (Phi) is 5.88. The van der Waals surface area contributed by atoms with Gasteiger partial charge in [-0.2, -0.15) is 5.10 Å². The number of sulfone groups is 1. The average Bonchev–Trinajstić information content (AvgIpc) is 3.40. The van der Waals surface area contributed by atoms with E-state index in [4.69, 9.17) is 4.74 Å². The summed E-state index contributed by atoms with van der Waals surface area (Å²) in [6.45, 7) is 1.82. The van der Waals surface area contributed by atoms with E-state index in [9.17, 15) is 13.2 Å². The van der Waals surface area contributed by atoms with Crippen LogP contribution in [0.1, 0.15) is 22.5 Å². The molecule has 0 saturated carbocycles. The minimum Gasteiger partial charge on any atom is -0.462 e. The predicted octanol–water partition coefficient (Wildman–Crippen LogP) is 4.03. The first-order chi connectivity index (χ1) is 14.9. The number of rotatable bonds is 7. The highest BCUT2D eigenvalue weighted by atomic mass is 32.2. The summed E-state index contributed by atoms with van der Waals surface area (Å²) < 4.78 is 31.9. The zero-order chi connectivity index (χ0) is 22.0. The summed E-state index contributed by atoms with van der Waals surface area (Å²) in [5.74, 6) is -0.610. The molecule has 3 heterocycles. The summed E-state index contributed by atoms with van der Waals surface area (Å²) in [6.07, 6.45) is 0.209. The summed E-state index contributed by atoms with van der Waals surface area (Å²) in [7, 11) is -1.63. The number of pyridine rings is 1. The normalized spacial score (nSPS) is 11.7. The number of benzene rings is 1. The van der Waals surface area contributed by atoms with Crippen LogP contribution in [0.3, 0.4) is 0 Å². The van der Waals surface area contributed by atoms with Gasteiger partial charge in [-0.3, -0.25) is 4.68 Å². The van der Waals surface area contributed by atoms with Crippen LogP contribution in [0.4, 0.5) is 0 Å². The predicted molar refractivity (Wildman–Crippen MR) is 120 cm³/mol. The summed E-state index contributed by atoms with van der Waals surface area (Å²) >= 11 is 1.53. The first kappa shape index (κ1) is 21.2. The molecule has 0 bridgehead atoms. The van der Waals surface area contributed by atoms with Crippen molar-refractivity contribution in [3.05, 3.63) is 65.2 Å². The maximum atomic E-state index is 12.9. The first-order valence-corrected chi connectivity index (χ1v) is 12.2. The van der Waals surface area contributed by atoms with Crippen LogP contribution in [0.15, 0.2) is 58.8 Å². The zero-order valence-electron chi connectivity index (χ0n) is 17.1. The largest absolute Gasteiger partial charge is 0.462 e. The SMILES string of the molecule is Cc1nn(C)c2nc(-c3cccs3)cc(C(=O)OCCCS(=O)(=O)c3ccccc3)c12. The number of carbonyl (C=O) groups excluding carboxylic acids is 1. The van der Waals surface area contributed by atoms with E-state index in [1.165, 1.54) is 11.3 Å². The number of ether oxygens (including phenoxy) is 1. The second kappa shape index (κ2) is 8.60. The molecule has 0 spiro atoms. The highest BCUT2D eigenvalue weighted by Crippen LogP contribution is 2.29. The van der Waals surface area contributed by atoms with Crippen molar-refractivity contribution in [3.8, 4) is 10.6 Å². The first-order valence-electron chi connectivity index (χ1n) is 9.70. The average molecular weight is 456 g/mol. The van der Waals surface area contributed by atoms with Gasteiger partial charge in [0.15, 0.2) is 15.5 Å². The number of carbonyl (C=O) groups is 1. The number of fused-ring (bicyclic) bond motifs is 1. The zero-order valence-corrected chi connectivity index (χ0v) is 18.7. The van der Waals surface area contributed by atoms with Gasteiger partial charge >= 0.3 is 5.97 Å². The number of aryl methyl sites for hydroxylation is 2. The molecule has 0 saturated heterocycles. The van der Waals surface area contributed by atoms with Gasteiger partial charge in [0, 0.05) is 7.05 Å². The van der Waals surface area contributed by atoms with Crippen LogP contribution in [0, 0.1) is 6.92 Å². The maximum absolute atomic E-state index is 12.9. The molecule has 0 aliphatic heterocycles. The fourth-order valence-electron chi connectivity index (χ4n) is 3.39. The van der Waals surface area contributed by atoms with Gasteiger partial charge in [-0.05, 0) is 43.0 Å². The number of thiophene rings is 1. The molecule has 0 amide bonds. The van der Waals surface area contributed by atoms with E-state index in [0.717, 1.165) is 4.88 Å². The van der Waals surface area contributed by atoms with Crippen molar-refractivity contribution in [3.63, 3.8) is 0 Å². The van der Waals surface area contributed by atoms with Gasteiger partial charge in [-0.15, -0.1) is 11.3 Å². The lowest BCUT2D eigenvalue weighted by atomic mass is 10.1. The molecule has 0 aliphatic rings. The smallest absolute Gasteiger partial charge is 0.339 e. The summed E-state index contributed by atoms with van der Waals surface area (Å²) in [6, 6.07) is 13.8. The highest BCUT2D eigenvalue weighted by Gasteiger charge is 2.21. The maximum Gasteiger partial charge on any atom is 0.339 e. The van der Waals surface area contributed by atoms with Gasteiger partial charge in [-0.1, -0.05) is 24.3 Å². The van der Waals surface area contributed by atoms with Crippen LogP contribution < -0.4 is 0 Å². The highest BCUT2D eigenvalue weighted by molar-refractivity contribution is 7.91. The molecule has 160 valence electrons. The molecule has 1 aromatic carbocycles. The molecule has 0 unspecified atom stereocenters. The monoisotopic (exact) mass is 455 g/mol. The Hall–Kier alpha value is -3.04. The minimum atomic E-state index is -3.41. The number of hydrogen-bond acceptors (Lipinski definition) is 7. The molecule has 4 aromatic rings. The molecular weight excluding hydrogens is 434 g/mol. The molecular formula is C22H21N3O4S2. The third-order valence-corrected chi connectivity index (χ3v) is 7.56. The van der Waals surface area contributed by atoms with Crippen LogP contribution in [-0.2, 0) is 21.6 Å². The van der Waals surface area contributed by atoms with Gasteiger partial charge < -0.3 is 4.74 Å². The Morgan fingerprint density at radius 3 is 2.65 bits per heavy atom. The standard InChI is InChI=1S/C22H21N3O4S2/c1-15-20-17(14-18(19-10-6-12-30-19)23-21(20)25(2)24-15)22(26)29-11-7-13-31(27,28)16-8-4-3-5-9-16/h3-6,8-10,12,14H,7,11,13H2,1-2H3. The Bertz CT molecular complexity index is 1330. The van der Waals surface area contributed by atoms with Crippen LogP contribution in [0.2, 0.25) is 0 Å². The lowest BCUT2D eigenvalue weighted by molar-refractivity contribution is 0.0508. The molecule has 0 N–H and O–H groups in total. The van der Waals surface area contributed by atoms with Crippen molar-refractivity contribution >= 4 is 38.2 Å². The lowest BCUT2D eigenvalue weighted by Gasteiger charge is -2.09. The van der Waals surface area contributed by atoms with E-state index in [0.29, 0.717) is 28.0 Å². The van der Waals surface area contributed by atoms with Crippen LogP contribution in [-0.4, -0.2) is 41.5 Å².